The lowest BCUT2D eigenvalue weighted by Crippen LogP contribution is -2.28. The molecule has 10 heteroatoms. The van der Waals surface area contributed by atoms with Gasteiger partial charge in [-0.15, -0.1) is 10.2 Å². The van der Waals surface area contributed by atoms with E-state index in [4.69, 9.17) is 15.2 Å². The van der Waals surface area contributed by atoms with Crippen molar-refractivity contribution in [1.82, 2.24) is 34.8 Å². The molecule has 2 aliphatic rings. The smallest absolute Gasteiger partial charge is 0.248 e. The SMILES string of the molecule is C=CC(=O)N1CC2CC(n3nc(-c4ccc(-c5nnc(-c6ccccc6)o5)cc4)c4c(N)ncnc43)CC2C1. The number of likely N-dealkylation sites (tertiary alicyclic amines) is 1. The largest absolute Gasteiger partial charge is 0.416 e. The van der Waals surface area contributed by atoms with E-state index in [-0.39, 0.29) is 11.9 Å². The van der Waals surface area contributed by atoms with E-state index in [9.17, 15) is 4.79 Å². The van der Waals surface area contributed by atoms with Gasteiger partial charge in [0.15, 0.2) is 5.65 Å². The number of amides is 1. The first-order valence-corrected chi connectivity index (χ1v) is 13.0. The minimum atomic E-state index is 0.00792. The van der Waals surface area contributed by atoms with Crippen molar-refractivity contribution < 1.29 is 9.21 Å². The highest BCUT2D eigenvalue weighted by molar-refractivity contribution is 5.98. The number of nitrogens with zero attached hydrogens (tertiary/aromatic N) is 7. The second-order valence-electron chi connectivity index (χ2n) is 10.2. The number of benzene rings is 2. The third-order valence-corrected chi connectivity index (χ3v) is 7.93. The second-order valence-corrected chi connectivity index (χ2v) is 10.2. The monoisotopic (exact) mass is 518 g/mol. The fourth-order valence-corrected chi connectivity index (χ4v) is 6.04. The minimum Gasteiger partial charge on any atom is -0.416 e. The molecule has 194 valence electrons. The molecular formula is C29H26N8O2. The molecule has 3 aromatic heterocycles. The summed E-state index contributed by atoms with van der Waals surface area (Å²) >= 11 is 0. The third-order valence-electron chi connectivity index (χ3n) is 7.93. The number of hydrogen-bond donors (Lipinski definition) is 1. The number of rotatable bonds is 5. The highest BCUT2D eigenvalue weighted by Crippen LogP contribution is 2.45. The Morgan fingerprint density at radius 2 is 1.56 bits per heavy atom. The molecule has 2 atom stereocenters. The van der Waals surface area contributed by atoms with Gasteiger partial charge in [-0.2, -0.15) is 5.10 Å². The van der Waals surface area contributed by atoms with Gasteiger partial charge in [-0.05, 0) is 55.0 Å². The van der Waals surface area contributed by atoms with Gasteiger partial charge in [0.25, 0.3) is 0 Å². The van der Waals surface area contributed by atoms with Gasteiger partial charge in [0, 0.05) is 29.8 Å². The van der Waals surface area contributed by atoms with E-state index in [0.29, 0.717) is 29.4 Å². The summed E-state index contributed by atoms with van der Waals surface area (Å²) in [7, 11) is 0. The maximum Gasteiger partial charge on any atom is 0.248 e. The minimum absolute atomic E-state index is 0.00792. The van der Waals surface area contributed by atoms with Gasteiger partial charge in [0.2, 0.25) is 17.7 Å². The summed E-state index contributed by atoms with van der Waals surface area (Å²) < 4.78 is 7.93. The molecule has 1 saturated carbocycles. The molecule has 1 saturated heterocycles. The number of nitrogen functional groups attached to an aromatic ring is 1. The topological polar surface area (TPSA) is 129 Å². The summed E-state index contributed by atoms with van der Waals surface area (Å²) in [5.41, 5.74) is 10.4. The Morgan fingerprint density at radius 3 is 2.23 bits per heavy atom. The zero-order chi connectivity index (χ0) is 26.5. The summed E-state index contributed by atoms with van der Waals surface area (Å²) in [6.07, 6.45) is 4.76. The van der Waals surface area contributed by atoms with E-state index < -0.39 is 0 Å². The highest BCUT2D eigenvalue weighted by atomic mass is 16.4. The molecule has 2 fully saturated rings. The second kappa shape index (κ2) is 9.16. The average Bonchev–Trinajstić information content (AvgIpc) is 3.75. The Balaban J connectivity index is 1.18. The normalized spacial score (nSPS) is 20.4. The van der Waals surface area contributed by atoms with Gasteiger partial charge in [-0.3, -0.25) is 4.79 Å². The molecule has 2 aromatic carbocycles. The first-order valence-electron chi connectivity index (χ1n) is 13.0. The van der Waals surface area contributed by atoms with E-state index in [2.05, 4.69) is 26.7 Å². The van der Waals surface area contributed by atoms with Crippen LogP contribution in [0.3, 0.4) is 0 Å². The standard InChI is InChI=1S/C29H26N8O2/c1-2-23(38)36-14-20-12-22(13-21(20)15-36)37-27-24(26(30)31-16-32-27)25(35-37)17-8-10-19(11-9-17)29-34-33-28(39-29)18-6-4-3-5-7-18/h2-11,16,20-22H,1,12-15H2,(H2,30,31,32). The molecule has 7 rings (SSSR count). The molecule has 5 aromatic rings. The van der Waals surface area contributed by atoms with Crippen LogP contribution in [0.25, 0.3) is 45.2 Å². The van der Waals surface area contributed by atoms with Gasteiger partial charge >= 0.3 is 0 Å². The van der Waals surface area contributed by atoms with Gasteiger partial charge in [-0.25, -0.2) is 14.6 Å². The predicted molar refractivity (Wildman–Crippen MR) is 146 cm³/mol. The number of carbonyl (C=O) groups excluding carboxylic acids is 1. The Morgan fingerprint density at radius 1 is 0.923 bits per heavy atom. The molecule has 0 bridgehead atoms. The molecule has 1 aliphatic carbocycles. The number of anilines is 1. The summed E-state index contributed by atoms with van der Waals surface area (Å²) in [6, 6.07) is 17.7. The van der Waals surface area contributed by atoms with Crippen molar-refractivity contribution in [2.45, 2.75) is 18.9 Å². The van der Waals surface area contributed by atoms with Crippen molar-refractivity contribution in [3.8, 4) is 34.2 Å². The highest BCUT2D eigenvalue weighted by Gasteiger charge is 2.43. The number of carbonyl (C=O) groups is 1. The lowest BCUT2D eigenvalue weighted by molar-refractivity contribution is -0.125. The first kappa shape index (κ1) is 23.3. The zero-order valence-corrected chi connectivity index (χ0v) is 21.1. The van der Waals surface area contributed by atoms with Crippen molar-refractivity contribution in [3.05, 3.63) is 73.6 Å². The van der Waals surface area contributed by atoms with Gasteiger partial charge in [0.1, 0.15) is 17.8 Å². The van der Waals surface area contributed by atoms with E-state index in [1.54, 1.807) is 0 Å². The van der Waals surface area contributed by atoms with E-state index >= 15 is 0 Å². The van der Waals surface area contributed by atoms with Crippen LogP contribution in [0.4, 0.5) is 5.82 Å². The Bertz CT molecular complexity index is 1680. The maximum atomic E-state index is 12.1. The molecule has 4 heterocycles. The van der Waals surface area contributed by atoms with Crippen LogP contribution in [0.15, 0.2) is 78.0 Å². The number of aromatic nitrogens is 6. The van der Waals surface area contributed by atoms with E-state index in [0.717, 1.165) is 59.3 Å². The number of nitrogens with two attached hydrogens (primary N) is 1. The Labute approximate surface area is 224 Å². The molecule has 1 aliphatic heterocycles. The van der Waals surface area contributed by atoms with Crippen molar-refractivity contribution in [2.75, 3.05) is 18.8 Å². The molecule has 1 amide bonds. The van der Waals surface area contributed by atoms with Crippen molar-refractivity contribution in [1.29, 1.82) is 0 Å². The average molecular weight is 519 g/mol. The van der Waals surface area contributed by atoms with Crippen molar-refractivity contribution in [2.24, 2.45) is 11.8 Å². The van der Waals surface area contributed by atoms with Crippen LogP contribution in [0, 0.1) is 11.8 Å². The van der Waals surface area contributed by atoms with E-state index in [1.807, 2.05) is 64.2 Å². The van der Waals surface area contributed by atoms with Crippen LogP contribution in [-0.4, -0.2) is 53.8 Å². The summed E-state index contributed by atoms with van der Waals surface area (Å²) in [4.78, 5) is 22.8. The summed E-state index contributed by atoms with van der Waals surface area (Å²) in [5.74, 6) is 2.21. The maximum absolute atomic E-state index is 12.1. The molecule has 2 N–H and O–H groups in total. The van der Waals surface area contributed by atoms with Crippen LogP contribution in [0.2, 0.25) is 0 Å². The number of fused-ring (bicyclic) bond motifs is 2. The van der Waals surface area contributed by atoms with Gasteiger partial charge in [-0.1, -0.05) is 36.9 Å². The van der Waals surface area contributed by atoms with E-state index in [1.165, 1.54) is 12.4 Å². The Hall–Kier alpha value is -4.86. The van der Waals surface area contributed by atoms with Gasteiger partial charge < -0.3 is 15.1 Å². The first-order chi connectivity index (χ1) is 19.1. The van der Waals surface area contributed by atoms with Crippen molar-refractivity contribution >= 4 is 22.8 Å². The summed E-state index contributed by atoms with van der Waals surface area (Å²) in [5, 5.41) is 14.2. The molecule has 0 spiro atoms. The molecule has 39 heavy (non-hydrogen) atoms. The lowest BCUT2D eigenvalue weighted by atomic mass is 10.0. The Kier molecular flexibility index (Phi) is 5.46. The van der Waals surface area contributed by atoms with Gasteiger partial charge in [0.05, 0.1) is 11.4 Å². The lowest BCUT2D eigenvalue weighted by Gasteiger charge is -2.18. The fraction of sp³-hybridized carbons (Fsp3) is 0.241. The zero-order valence-electron chi connectivity index (χ0n) is 21.1. The van der Waals surface area contributed by atoms with Crippen LogP contribution < -0.4 is 5.73 Å². The molecule has 2 unspecified atom stereocenters. The third kappa shape index (κ3) is 3.96. The van der Waals surface area contributed by atoms with Crippen molar-refractivity contribution in [3.63, 3.8) is 0 Å². The number of hydrogen-bond acceptors (Lipinski definition) is 8. The summed E-state index contributed by atoms with van der Waals surface area (Å²) in [6.45, 7) is 5.15. The molecular weight excluding hydrogens is 492 g/mol. The van der Waals surface area contributed by atoms with Crippen LogP contribution >= 0.6 is 0 Å². The molecule has 10 nitrogen and oxygen atoms in total. The van der Waals surface area contributed by atoms with Crippen LogP contribution in [0.5, 0.6) is 0 Å². The quantitative estimate of drug-likeness (QED) is 0.339. The van der Waals surface area contributed by atoms with Crippen LogP contribution in [-0.2, 0) is 4.79 Å². The predicted octanol–water partition coefficient (Wildman–Crippen LogP) is 4.39. The van der Waals surface area contributed by atoms with Crippen LogP contribution in [0.1, 0.15) is 18.9 Å². The fourth-order valence-electron chi connectivity index (χ4n) is 6.04. The molecule has 0 radical (unpaired) electrons.